The largest absolute Gasteiger partial charge is 2.00 e. The van der Waals surface area contributed by atoms with Gasteiger partial charge in [-0.2, -0.15) is 0 Å². The molecule has 0 bridgehead atoms. The minimum atomic E-state index is 0. The zero-order valence-corrected chi connectivity index (χ0v) is 10.6. The number of benzene rings is 1. The number of fused-ring (bicyclic) bond motifs is 1. The summed E-state index contributed by atoms with van der Waals surface area (Å²) in [6, 6.07) is 6.08. The summed E-state index contributed by atoms with van der Waals surface area (Å²) in [7, 11) is 0. The summed E-state index contributed by atoms with van der Waals surface area (Å²) in [5.41, 5.74) is 3.40. The van der Waals surface area contributed by atoms with E-state index in [9.17, 15) is 0 Å². The summed E-state index contributed by atoms with van der Waals surface area (Å²) in [6.07, 6.45) is 0. The van der Waals surface area contributed by atoms with E-state index < -0.39 is 0 Å². The number of imidazole rings is 1. The van der Waals surface area contributed by atoms with E-state index in [1.54, 1.807) is 0 Å². The number of H-pyrrole nitrogens is 2. The van der Waals surface area contributed by atoms with E-state index in [0.29, 0.717) is 4.77 Å². The van der Waals surface area contributed by atoms with E-state index in [2.05, 4.69) is 23.0 Å². The van der Waals surface area contributed by atoms with Crippen LogP contribution < -0.4 is 0 Å². The number of aryl methyl sites for hydroxylation is 1. The average molecular weight is 230 g/mol. The van der Waals surface area contributed by atoms with Crippen molar-refractivity contribution in [2.75, 3.05) is 0 Å². The van der Waals surface area contributed by atoms with Crippen LogP contribution in [0.15, 0.2) is 18.2 Å². The van der Waals surface area contributed by atoms with E-state index in [-0.39, 0.29) is 19.5 Å². The Bertz CT molecular complexity index is 443. The first-order valence-corrected chi connectivity index (χ1v) is 3.86. The van der Waals surface area contributed by atoms with Gasteiger partial charge in [0.15, 0.2) is 4.77 Å². The first kappa shape index (κ1) is 9.62. The van der Waals surface area contributed by atoms with Gasteiger partial charge < -0.3 is 9.97 Å². The Balaban J connectivity index is 0.000000720. The first-order chi connectivity index (χ1) is 5.27. The topological polar surface area (TPSA) is 31.6 Å². The molecule has 0 aliphatic rings. The van der Waals surface area contributed by atoms with Gasteiger partial charge in [0.2, 0.25) is 0 Å². The molecule has 0 aliphatic carbocycles. The summed E-state index contributed by atoms with van der Waals surface area (Å²) in [4.78, 5) is 6.14. The Labute approximate surface area is 88.1 Å². The van der Waals surface area contributed by atoms with Crippen LogP contribution in [0.4, 0.5) is 0 Å². The monoisotopic (exact) mass is 228 g/mol. The molecule has 2 aromatic rings. The van der Waals surface area contributed by atoms with E-state index in [1.165, 1.54) is 5.56 Å². The summed E-state index contributed by atoms with van der Waals surface area (Å²) in [5.74, 6) is 0. The summed E-state index contributed by atoms with van der Waals surface area (Å²) >= 11 is 4.96. The smallest absolute Gasteiger partial charge is 0.331 e. The quantitative estimate of drug-likeness (QED) is 0.528. The molecule has 2 nitrogen and oxygen atoms in total. The number of hydrogen-bond acceptors (Lipinski definition) is 1. The third-order valence-corrected chi connectivity index (χ3v) is 1.96. The van der Waals surface area contributed by atoms with Gasteiger partial charge in [0.05, 0.1) is 11.0 Å². The van der Waals surface area contributed by atoms with Crippen molar-refractivity contribution < 1.29 is 19.5 Å². The summed E-state index contributed by atoms with van der Waals surface area (Å²) in [6.45, 7) is 2.06. The number of rotatable bonds is 0. The van der Waals surface area contributed by atoms with Crippen LogP contribution in [0.3, 0.4) is 0 Å². The van der Waals surface area contributed by atoms with Crippen LogP contribution in [-0.4, -0.2) is 9.97 Å². The standard InChI is InChI=1S/C8H8N2S.Zn/c1-5-3-2-4-6-7(5)10-8(11)9-6;/h2-4H,1H3,(H2,9,10,11);/q;+2. The molecule has 1 heterocycles. The van der Waals surface area contributed by atoms with Crippen molar-refractivity contribution in [3.63, 3.8) is 0 Å². The molecule has 0 fully saturated rings. The molecule has 0 spiro atoms. The maximum atomic E-state index is 4.96. The average Bonchev–Trinajstić information content (AvgIpc) is 2.31. The summed E-state index contributed by atoms with van der Waals surface area (Å²) in [5, 5.41) is 0. The number of hydrogen-bond donors (Lipinski definition) is 2. The SMILES string of the molecule is Cc1cccc2[nH]c(=S)[nH]c12.[Zn+2]. The van der Waals surface area contributed by atoms with Crippen molar-refractivity contribution in [2.45, 2.75) is 6.92 Å². The molecule has 2 N–H and O–H groups in total. The van der Waals surface area contributed by atoms with Crippen LogP contribution in [0.5, 0.6) is 0 Å². The molecule has 56 valence electrons. The number of nitrogens with one attached hydrogen (secondary N) is 2. The zero-order chi connectivity index (χ0) is 7.84. The molecule has 0 saturated heterocycles. The molecule has 1 aromatic heterocycles. The molecule has 0 atom stereocenters. The van der Waals surface area contributed by atoms with Crippen LogP contribution in [0.25, 0.3) is 11.0 Å². The molecule has 0 aliphatic heterocycles. The zero-order valence-electron chi connectivity index (χ0n) is 6.85. The van der Waals surface area contributed by atoms with Crippen molar-refractivity contribution in [2.24, 2.45) is 0 Å². The van der Waals surface area contributed by atoms with Crippen molar-refractivity contribution in [3.05, 3.63) is 28.5 Å². The maximum absolute atomic E-state index is 4.96. The van der Waals surface area contributed by atoms with Gasteiger partial charge in [0, 0.05) is 0 Å². The van der Waals surface area contributed by atoms with Crippen molar-refractivity contribution in [1.82, 2.24) is 9.97 Å². The maximum Gasteiger partial charge on any atom is 2.00 e. The second-order valence-electron chi connectivity index (χ2n) is 2.58. The predicted octanol–water partition coefficient (Wildman–Crippen LogP) is 2.53. The number of para-hydroxylation sites is 1. The Hall–Kier alpha value is -0.467. The third-order valence-electron chi connectivity index (χ3n) is 1.76. The fraction of sp³-hybridized carbons (Fsp3) is 0.125. The van der Waals surface area contributed by atoms with Gasteiger partial charge in [0.25, 0.3) is 0 Å². The number of aromatic nitrogens is 2. The predicted molar refractivity (Wildman–Crippen MR) is 48.2 cm³/mol. The normalized spacial score (nSPS) is 9.75. The molecular formula is C8H8N2SZn+2. The van der Waals surface area contributed by atoms with E-state index in [4.69, 9.17) is 12.2 Å². The number of aromatic amines is 2. The minimum absolute atomic E-state index is 0. The van der Waals surface area contributed by atoms with E-state index in [1.807, 2.05) is 12.1 Å². The molecule has 1 aromatic carbocycles. The molecule has 4 heteroatoms. The molecule has 0 unspecified atom stereocenters. The van der Waals surface area contributed by atoms with Crippen molar-refractivity contribution in [3.8, 4) is 0 Å². The Morgan fingerprint density at radius 3 is 2.67 bits per heavy atom. The molecule has 0 amide bonds. The van der Waals surface area contributed by atoms with Gasteiger partial charge in [0.1, 0.15) is 0 Å². The van der Waals surface area contributed by atoms with Crippen LogP contribution in [0.2, 0.25) is 0 Å². The van der Waals surface area contributed by atoms with Gasteiger partial charge in [-0.3, -0.25) is 0 Å². The third kappa shape index (κ3) is 1.50. The van der Waals surface area contributed by atoms with E-state index in [0.717, 1.165) is 11.0 Å². The summed E-state index contributed by atoms with van der Waals surface area (Å²) < 4.78 is 0.689. The Morgan fingerprint density at radius 2 is 2.00 bits per heavy atom. The first-order valence-electron chi connectivity index (χ1n) is 3.45. The van der Waals surface area contributed by atoms with Gasteiger partial charge in [-0.25, -0.2) is 0 Å². The van der Waals surface area contributed by atoms with Crippen molar-refractivity contribution >= 4 is 23.3 Å². The van der Waals surface area contributed by atoms with Crippen LogP contribution in [0, 0.1) is 11.7 Å². The molecular weight excluding hydrogens is 222 g/mol. The van der Waals surface area contributed by atoms with Gasteiger partial charge in [-0.1, -0.05) is 12.1 Å². The minimum Gasteiger partial charge on any atom is -0.331 e. The molecule has 12 heavy (non-hydrogen) atoms. The van der Waals surface area contributed by atoms with Gasteiger partial charge in [-0.15, -0.1) is 0 Å². The fourth-order valence-corrected chi connectivity index (χ4v) is 1.42. The molecule has 0 radical (unpaired) electrons. The Kier molecular flexibility index (Phi) is 2.81. The van der Waals surface area contributed by atoms with E-state index >= 15 is 0 Å². The van der Waals surface area contributed by atoms with Gasteiger partial charge in [-0.05, 0) is 30.8 Å². The van der Waals surface area contributed by atoms with Crippen molar-refractivity contribution in [1.29, 1.82) is 0 Å². The van der Waals surface area contributed by atoms with Gasteiger partial charge >= 0.3 is 19.5 Å². The molecule has 2 rings (SSSR count). The van der Waals surface area contributed by atoms with Crippen LogP contribution >= 0.6 is 12.2 Å². The second-order valence-corrected chi connectivity index (χ2v) is 2.98. The second kappa shape index (κ2) is 3.50. The molecule has 0 saturated carbocycles. The fourth-order valence-electron chi connectivity index (χ4n) is 1.20. The Morgan fingerprint density at radius 1 is 1.25 bits per heavy atom. The van der Waals surface area contributed by atoms with Crippen LogP contribution in [0.1, 0.15) is 5.56 Å². The van der Waals surface area contributed by atoms with Crippen LogP contribution in [-0.2, 0) is 19.5 Å².